The van der Waals surface area contributed by atoms with Gasteiger partial charge in [0.25, 0.3) is 0 Å². The zero-order chi connectivity index (χ0) is 8.93. The highest BCUT2D eigenvalue weighted by Gasteiger charge is 1.99. The van der Waals surface area contributed by atoms with Crippen LogP contribution in [-0.2, 0) is 0 Å². The average Bonchev–Trinajstić information content (AvgIpc) is 2.75. The molecule has 0 spiro atoms. The minimum absolute atomic E-state index is 1.11. The zero-order valence-corrected chi connectivity index (χ0v) is 7.20. The number of hydrogen-bond donors (Lipinski definition) is 0. The van der Waals surface area contributed by atoms with Gasteiger partial charge in [0, 0.05) is 42.5 Å². The van der Waals surface area contributed by atoms with Crippen molar-refractivity contribution in [3.63, 3.8) is 0 Å². The second-order valence-electron chi connectivity index (χ2n) is 2.78. The molecule has 0 aromatic rings. The summed E-state index contributed by atoms with van der Waals surface area (Å²) < 4.78 is 0. The molecule has 0 fully saturated rings. The average molecular weight is 165 g/mol. The molecule has 0 atom stereocenters. The van der Waals surface area contributed by atoms with Crippen molar-refractivity contribution in [3.8, 4) is 0 Å². The number of rotatable bonds is 3. The maximum Gasteiger partial charge on any atom is 0.146 e. The van der Waals surface area contributed by atoms with Crippen molar-refractivity contribution in [1.82, 2.24) is 0 Å². The Morgan fingerprint density at radius 1 is 1.08 bits per heavy atom. The van der Waals surface area contributed by atoms with Crippen LogP contribution < -0.4 is 0 Å². The highest BCUT2D eigenvalue weighted by Crippen LogP contribution is 2.09. The molecule has 0 heteroatoms. The maximum atomic E-state index is 3.10. The highest BCUT2D eigenvalue weighted by molar-refractivity contribution is 5.42. The molecule has 0 nitrogen and oxygen atoms in total. The van der Waals surface area contributed by atoms with E-state index >= 15 is 0 Å². The molecule has 0 aromatic heterocycles. The van der Waals surface area contributed by atoms with Crippen molar-refractivity contribution in [2.24, 2.45) is 0 Å². The third-order valence-electron chi connectivity index (χ3n) is 1.80. The Morgan fingerprint density at radius 3 is 2.62 bits per heavy atom. The summed E-state index contributed by atoms with van der Waals surface area (Å²) in [6, 6.07) is 0. The largest absolute Gasteiger partial charge is 0.146 e. The van der Waals surface area contributed by atoms with Gasteiger partial charge in [0.15, 0.2) is 0 Å². The van der Waals surface area contributed by atoms with Crippen LogP contribution in [0.25, 0.3) is 0 Å². The van der Waals surface area contributed by atoms with E-state index in [0.29, 0.717) is 0 Å². The predicted molar refractivity (Wildman–Crippen MR) is 54.9 cm³/mol. The van der Waals surface area contributed by atoms with Crippen LogP contribution in [0.5, 0.6) is 0 Å². The fourth-order valence-corrected chi connectivity index (χ4v) is 1.15. The Morgan fingerprint density at radius 2 is 1.92 bits per heavy atom. The third kappa shape index (κ3) is 2.04. The molecule has 0 bridgehead atoms. The predicted octanol–water partition coefficient (Wildman–Crippen LogP) is 3.05. The van der Waals surface area contributed by atoms with Crippen LogP contribution in [0.4, 0.5) is 0 Å². The van der Waals surface area contributed by atoms with Crippen molar-refractivity contribution >= 4 is 0 Å². The van der Waals surface area contributed by atoms with Crippen molar-refractivity contribution < 1.29 is 0 Å². The summed E-state index contributed by atoms with van der Waals surface area (Å²) in [6.45, 7) is 0. The lowest BCUT2D eigenvalue weighted by Crippen LogP contribution is -1.72. The van der Waals surface area contributed by atoms with Crippen molar-refractivity contribution in [2.45, 2.75) is 0 Å². The van der Waals surface area contributed by atoms with E-state index in [1.807, 2.05) is 55.0 Å². The molecule has 2 aliphatic rings. The van der Waals surface area contributed by atoms with Crippen molar-refractivity contribution in [1.29, 1.82) is 0 Å². The molecule has 0 radical (unpaired) electrons. The fourth-order valence-electron chi connectivity index (χ4n) is 1.15. The van der Waals surface area contributed by atoms with Gasteiger partial charge in [-0.2, -0.15) is 0 Å². The summed E-state index contributed by atoms with van der Waals surface area (Å²) >= 11 is 0. The summed E-state index contributed by atoms with van der Waals surface area (Å²) in [5.74, 6) is 0. The molecule has 0 amide bonds. The fraction of sp³-hybridized carbons (Fsp3) is 0. The lowest BCUT2D eigenvalue weighted by molar-refractivity contribution is 1.59. The first-order valence-electron chi connectivity index (χ1n) is 4.23. The molecular formula is C13H9+. The van der Waals surface area contributed by atoms with E-state index in [4.69, 9.17) is 0 Å². The van der Waals surface area contributed by atoms with Crippen LogP contribution in [0.3, 0.4) is 0 Å². The van der Waals surface area contributed by atoms with Gasteiger partial charge in [-0.1, -0.05) is 6.08 Å². The van der Waals surface area contributed by atoms with E-state index in [9.17, 15) is 0 Å². The Kier molecular flexibility index (Phi) is 2.20. The molecule has 2 rings (SSSR count). The standard InChI is InChI=1S/C13H9/c1-2-7-12(6-1)10-5-11-13-8-3-4-9-13/h1-6,8,10-11H/q+1/b10-5+. The first-order chi connectivity index (χ1) is 6.45. The van der Waals surface area contributed by atoms with E-state index in [1.54, 1.807) is 0 Å². The summed E-state index contributed by atoms with van der Waals surface area (Å²) in [7, 11) is 0. The van der Waals surface area contributed by atoms with Gasteiger partial charge in [0.05, 0.1) is 5.57 Å². The lowest BCUT2D eigenvalue weighted by Gasteiger charge is -1.81. The van der Waals surface area contributed by atoms with E-state index in [1.165, 1.54) is 0 Å². The van der Waals surface area contributed by atoms with Gasteiger partial charge in [-0.15, -0.1) is 5.73 Å². The minimum Gasteiger partial charge on any atom is -0.102 e. The molecule has 0 heterocycles. The summed E-state index contributed by atoms with van der Waals surface area (Å²) in [4.78, 5) is 0. The summed E-state index contributed by atoms with van der Waals surface area (Å²) in [5, 5.41) is 0. The van der Waals surface area contributed by atoms with Crippen LogP contribution in [0.15, 0.2) is 71.2 Å². The van der Waals surface area contributed by atoms with E-state index in [0.717, 1.165) is 11.1 Å². The van der Waals surface area contributed by atoms with Gasteiger partial charge in [-0.3, -0.25) is 0 Å². The molecule has 0 unspecified atom stereocenters. The van der Waals surface area contributed by atoms with E-state index < -0.39 is 0 Å². The zero-order valence-electron chi connectivity index (χ0n) is 7.20. The molecule has 13 heavy (non-hydrogen) atoms. The van der Waals surface area contributed by atoms with Gasteiger partial charge in [0.1, 0.15) is 5.57 Å². The molecule has 0 saturated heterocycles. The van der Waals surface area contributed by atoms with Crippen LogP contribution in [-0.4, -0.2) is 0 Å². The topological polar surface area (TPSA) is 0 Å². The monoisotopic (exact) mass is 165 g/mol. The van der Waals surface area contributed by atoms with Gasteiger partial charge < -0.3 is 0 Å². The summed E-state index contributed by atoms with van der Waals surface area (Å²) in [5.41, 5.74) is 8.43. The first-order valence-corrected chi connectivity index (χ1v) is 4.23. The second-order valence-corrected chi connectivity index (χ2v) is 2.78. The Balaban J connectivity index is 1.92. The van der Waals surface area contributed by atoms with Crippen molar-refractivity contribution in [2.75, 3.05) is 0 Å². The van der Waals surface area contributed by atoms with Gasteiger partial charge in [0.2, 0.25) is 0 Å². The third-order valence-corrected chi connectivity index (χ3v) is 1.80. The molecule has 0 N–H and O–H groups in total. The molecule has 0 aromatic carbocycles. The van der Waals surface area contributed by atoms with Gasteiger partial charge in [-0.25, -0.2) is 0 Å². The maximum absolute atomic E-state index is 3.10. The Hall–Kier alpha value is -1.87. The molecule has 0 saturated carbocycles. The normalized spacial score (nSPS) is 17.2. The molecule has 60 valence electrons. The number of allylic oxidation sites excluding steroid dienone is 8. The van der Waals surface area contributed by atoms with Crippen LogP contribution in [0.2, 0.25) is 0 Å². The molecule has 2 aliphatic carbocycles. The quantitative estimate of drug-likeness (QED) is 0.445. The highest BCUT2D eigenvalue weighted by atomic mass is 14.0. The van der Waals surface area contributed by atoms with E-state index in [2.05, 4.69) is 11.5 Å². The van der Waals surface area contributed by atoms with Gasteiger partial charge in [-0.05, 0) is 12.2 Å². The number of hydrogen-bond acceptors (Lipinski definition) is 0. The SMILES string of the molecule is C1=CC=CC=1/C=C/[CH+]C1=C=CC=C1. The van der Waals surface area contributed by atoms with Crippen molar-refractivity contribution in [3.05, 3.63) is 77.6 Å². The Labute approximate surface area is 78.3 Å². The smallest absolute Gasteiger partial charge is 0.102 e. The van der Waals surface area contributed by atoms with Crippen LogP contribution >= 0.6 is 0 Å². The van der Waals surface area contributed by atoms with Gasteiger partial charge >= 0.3 is 0 Å². The van der Waals surface area contributed by atoms with E-state index in [-0.39, 0.29) is 0 Å². The minimum atomic E-state index is 1.11. The van der Waals surface area contributed by atoms with Crippen LogP contribution in [0, 0.1) is 6.42 Å². The Bertz CT molecular complexity index is 413. The van der Waals surface area contributed by atoms with Crippen LogP contribution in [0.1, 0.15) is 0 Å². The molecule has 0 aliphatic heterocycles. The molecular weight excluding hydrogens is 156 g/mol. The first kappa shape index (κ1) is 7.76. The summed E-state index contributed by atoms with van der Waals surface area (Å²) in [6.07, 6.45) is 17.9. The second kappa shape index (κ2) is 3.69. The lowest BCUT2D eigenvalue weighted by atomic mass is 10.2.